The number of carbonyl (C=O) groups excluding carboxylic acids is 1. The summed E-state index contributed by atoms with van der Waals surface area (Å²) in [5.74, 6) is -0.799. The summed E-state index contributed by atoms with van der Waals surface area (Å²) in [6.07, 6.45) is 0. The molecule has 1 heterocycles. The average molecular weight is 324 g/mol. The van der Waals surface area contributed by atoms with E-state index in [9.17, 15) is 14.0 Å². The Hall–Kier alpha value is -2.95. The minimum Gasteiger partial charge on any atom is -0.333 e. The van der Waals surface area contributed by atoms with Crippen LogP contribution >= 0.6 is 0 Å². The number of carbonyl (C=O) groups is 1. The second-order valence-corrected chi connectivity index (χ2v) is 5.79. The SMILES string of the molecule is Cc1ccc(NC(=O)Cn2c(C)cc(=O)c3cccc(F)c32)cc1. The Kier molecular flexibility index (Phi) is 4.16. The molecule has 0 unspecified atom stereocenters. The van der Waals surface area contributed by atoms with E-state index in [0.29, 0.717) is 11.4 Å². The summed E-state index contributed by atoms with van der Waals surface area (Å²) < 4.78 is 15.8. The van der Waals surface area contributed by atoms with E-state index in [1.54, 1.807) is 13.0 Å². The lowest BCUT2D eigenvalue weighted by Gasteiger charge is -2.15. The molecule has 4 nitrogen and oxygen atoms in total. The van der Waals surface area contributed by atoms with Crippen LogP contribution in [0, 0.1) is 19.7 Å². The number of hydrogen-bond acceptors (Lipinski definition) is 2. The van der Waals surface area contributed by atoms with E-state index >= 15 is 0 Å². The Labute approximate surface area is 138 Å². The number of anilines is 1. The Balaban J connectivity index is 1.96. The number of amides is 1. The third-order valence-corrected chi connectivity index (χ3v) is 3.92. The number of aromatic nitrogens is 1. The third kappa shape index (κ3) is 3.06. The highest BCUT2D eigenvalue weighted by Crippen LogP contribution is 2.17. The molecule has 0 aliphatic rings. The average Bonchev–Trinajstić information content (AvgIpc) is 2.54. The number of hydrogen-bond donors (Lipinski definition) is 1. The number of fused-ring (bicyclic) bond motifs is 1. The lowest BCUT2D eigenvalue weighted by Crippen LogP contribution is -2.22. The van der Waals surface area contributed by atoms with Crippen LogP contribution in [-0.4, -0.2) is 10.5 Å². The van der Waals surface area contributed by atoms with E-state index in [-0.39, 0.29) is 28.8 Å². The topological polar surface area (TPSA) is 51.1 Å². The number of pyridine rings is 1. The molecule has 0 aliphatic carbocycles. The fraction of sp³-hybridized carbons (Fsp3) is 0.158. The minimum absolute atomic E-state index is 0.0720. The van der Waals surface area contributed by atoms with Crippen LogP contribution in [0.15, 0.2) is 53.3 Å². The number of para-hydroxylation sites is 1. The molecule has 0 fully saturated rings. The predicted molar refractivity (Wildman–Crippen MR) is 92.7 cm³/mol. The molecular weight excluding hydrogens is 307 g/mol. The van der Waals surface area contributed by atoms with E-state index in [2.05, 4.69) is 5.32 Å². The van der Waals surface area contributed by atoms with E-state index < -0.39 is 5.82 Å². The van der Waals surface area contributed by atoms with Crippen molar-refractivity contribution in [2.45, 2.75) is 20.4 Å². The van der Waals surface area contributed by atoms with Crippen LogP contribution < -0.4 is 10.7 Å². The van der Waals surface area contributed by atoms with Gasteiger partial charge in [-0.15, -0.1) is 0 Å². The molecule has 0 aliphatic heterocycles. The maximum atomic E-state index is 14.2. The fourth-order valence-corrected chi connectivity index (χ4v) is 2.70. The molecule has 0 bridgehead atoms. The van der Waals surface area contributed by atoms with Crippen LogP contribution in [0.5, 0.6) is 0 Å². The molecule has 5 heteroatoms. The second kappa shape index (κ2) is 6.28. The van der Waals surface area contributed by atoms with Gasteiger partial charge in [-0.25, -0.2) is 4.39 Å². The summed E-state index contributed by atoms with van der Waals surface area (Å²) in [6, 6.07) is 13.2. The highest BCUT2D eigenvalue weighted by atomic mass is 19.1. The van der Waals surface area contributed by atoms with Crippen LogP contribution in [0.1, 0.15) is 11.3 Å². The summed E-state index contributed by atoms with van der Waals surface area (Å²) >= 11 is 0. The van der Waals surface area contributed by atoms with Crippen LogP contribution in [0.3, 0.4) is 0 Å². The quantitative estimate of drug-likeness (QED) is 0.803. The normalized spacial score (nSPS) is 10.8. The zero-order chi connectivity index (χ0) is 17.3. The van der Waals surface area contributed by atoms with Gasteiger partial charge in [-0.05, 0) is 38.1 Å². The number of benzene rings is 2. The zero-order valence-electron chi connectivity index (χ0n) is 13.5. The first-order chi connectivity index (χ1) is 11.5. The van der Waals surface area contributed by atoms with Crippen LogP contribution in [0.25, 0.3) is 10.9 Å². The van der Waals surface area contributed by atoms with Gasteiger partial charge in [-0.2, -0.15) is 0 Å². The van der Waals surface area contributed by atoms with Gasteiger partial charge in [0, 0.05) is 22.8 Å². The molecule has 3 aromatic rings. The Bertz CT molecular complexity index is 975. The molecule has 1 aromatic heterocycles. The number of halogens is 1. The highest BCUT2D eigenvalue weighted by Gasteiger charge is 2.13. The van der Waals surface area contributed by atoms with Crippen molar-refractivity contribution < 1.29 is 9.18 Å². The van der Waals surface area contributed by atoms with Crippen molar-refractivity contribution in [2.75, 3.05) is 5.32 Å². The molecule has 3 rings (SSSR count). The van der Waals surface area contributed by atoms with E-state index in [4.69, 9.17) is 0 Å². The molecule has 1 N–H and O–H groups in total. The Morgan fingerprint density at radius 3 is 2.54 bits per heavy atom. The van der Waals surface area contributed by atoms with Crippen molar-refractivity contribution in [3.63, 3.8) is 0 Å². The molecule has 0 saturated carbocycles. The standard InChI is InChI=1S/C19H17FN2O2/c1-12-6-8-14(9-7-12)21-18(24)11-22-13(2)10-17(23)15-4-3-5-16(20)19(15)22/h3-10H,11H2,1-2H3,(H,21,24). The van der Waals surface area contributed by atoms with E-state index in [1.807, 2.05) is 31.2 Å². The monoisotopic (exact) mass is 324 g/mol. The van der Waals surface area contributed by atoms with Crippen molar-refractivity contribution in [2.24, 2.45) is 0 Å². The molecule has 24 heavy (non-hydrogen) atoms. The van der Waals surface area contributed by atoms with Gasteiger partial charge >= 0.3 is 0 Å². The van der Waals surface area contributed by atoms with Gasteiger partial charge in [0.25, 0.3) is 0 Å². The van der Waals surface area contributed by atoms with Crippen molar-refractivity contribution in [1.29, 1.82) is 0 Å². The summed E-state index contributed by atoms with van der Waals surface area (Å²) in [7, 11) is 0. The number of rotatable bonds is 3. The first-order valence-electron chi connectivity index (χ1n) is 7.61. The van der Waals surface area contributed by atoms with Gasteiger partial charge in [0.2, 0.25) is 5.91 Å². The second-order valence-electron chi connectivity index (χ2n) is 5.79. The lowest BCUT2D eigenvalue weighted by atomic mass is 10.1. The van der Waals surface area contributed by atoms with Gasteiger partial charge in [-0.1, -0.05) is 23.8 Å². The molecule has 0 spiro atoms. The van der Waals surface area contributed by atoms with Crippen LogP contribution in [0.4, 0.5) is 10.1 Å². The molecule has 0 radical (unpaired) electrons. The smallest absolute Gasteiger partial charge is 0.244 e. The molecule has 122 valence electrons. The van der Waals surface area contributed by atoms with Crippen molar-refractivity contribution in [3.8, 4) is 0 Å². The van der Waals surface area contributed by atoms with Gasteiger partial charge in [0.1, 0.15) is 12.4 Å². The maximum absolute atomic E-state index is 14.2. The Morgan fingerprint density at radius 1 is 1.12 bits per heavy atom. The Morgan fingerprint density at radius 2 is 1.83 bits per heavy atom. The lowest BCUT2D eigenvalue weighted by molar-refractivity contribution is -0.116. The summed E-state index contributed by atoms with van der Waals surface area (Å²) in [5, 5.41) is 3.05. The number of nitrogens with zero attached hydrogens (tertiary/aromatic N) is 1. The van der Waals surface area contributed by atoms with Crippen LogP contribution in [0.2, 0.25) is 0 Å². The molecule has 0 saturated heterocycles. The minimum atomic E-state index is -0.517. The van der Waals surface area contributed by atoms with E-state index in [1.165, 1.54) is 22.8 Å². The molecule has 2 aromatic carbocycles. The van der Waals surface area contributed by atoms with Crippen molar-refractivity contribution in [3.05, 3.63) is 75.8 Å². The van der Waals surface area contributed by atoms with E-state index in [0.717, 1.165) is 5.56 Å². The molecule has 0 atom stereocenters. The molecule has 1 amide bonds. The zero-order valence-corrected chi connectivity index (χ0v) is 13.5. The van der Waals surface area contributed by atoms with Crippen molar-refractivity contribution in [1.82, 2.24) is 4.57 Å². The van der Waals surface area contributed by atoms with Gasteiger partial charge < -0.3 is 9.88 Å². The molecular formula is C19H17FN2O2. The van der Waals surface area contributed by atoms with Gasteiger partial charge in [-0.3, -0.25) is 9.59 Å². The summed E-state index contributed by atoms with van der Waals surface area (Å²) in [6.45, 7) is 3.58. The first kappa shape index (κ1) is 15.9. The summed E-state index contributed by atoms with van der Waals surface area (Å²) in [5.41, 5.74) is 2.21. The van der Waals surface area contributed by atoms with Crippen LogP contribution in [-0.2, 0) is 11.3 Å². The van der Waals surface area contributed by atoms with Gasteiger partial charge in [0.05, 0.1) is 5.52 Å². The number of aryl methyl sites for hydroxylation is 2. The predicted octanol–water partition coefficient (Wildman–Crippen LogP) is 3.40. The van der Waals surface area contributed by atoms with Gasteiger partial charge in [0.15, 0.2) is 5.43 Å². The van der Waals surface area contributed by atoms with Crippen molar-refractivity contribution >= 4 is 22.5 Å². The third-order valence-electron chi connectivity index (χ3n) is 3.92. The fourth-order valence-electron chi connectivity index (χ4n) is 2.70. The summed E-state index contributed by atoms with van der Waals surface area (Å²) in [4.78, 5) is 24.4. The largest absolute Gasteiger partial charge is 0.333 e. The number of nitrogens with one attached hydrogen (secondary N) is 1. The highest BCUT2D eigenvalue weighted by molar-refractivity contribution is 5.92. The first-order valence-corrected chi connectivity index (χ1v) is 7.61. The maximum Gasteiger partial charge on any atom is 0.244 e.